The maximum atomic E-state index is 9.65. The third kappa shape index (κ3) is 3.62. The fraction of sp³-hybridized carbons (Fsp3) is 0.0714. The van der Waals surface area contributed by atoms with Crippen molar-refractivity contribution < 1.29 is 26.3 Å². The molecule has 0 aliphatic heterocycles. The summed E-state index contributed by atoms with van der Waals surface area (Å²) in [5, 5.41) is 0.565. The van der Waals surface area contributed by atoms with E-state index in [1.807, 2.05) is 24.3 Å². The molecule has 222 valence electrons. The minimum absolute atomic E-state index is 0.00788. The lowest BCUT2D eigenvalue weighted by molar-refractivity contribution is 0.666. The van der Waals surface area contributed by atoms with Crippen LogP contribution in [-0.4, -0.2) is 19.5 Å². The summed E-state index contributed by atoms with van der Waals surface area (Å²) in [4.78, 5) is 14.5. The van der Waals surface area contributed by atoms with E-state index in [-0.39, 0.29) is 17.6 Å². The molecule has 5 nitrogen and oxygen atoms in total. The highest BCUT2D eigenvalue weighted by atomic mass is 16.3. The van der Waals surface area contributed by atoms with Gasteiger partial charge in [-0.05, 0) is 46.5 Å². The first-order valence-corrected chi connectivity index (χ1v) is 14.7. The summed E-state index contributed by atoms with van der Waals surface area (Å²) in [7, 11) is 0. The lowest BCUT2D eigenvalue weighted by atomic mass is 9.80. The normalized spacial score (nSPS) is 18.9. The maximum Gasteiger partial charge on any atom is 0.238 e. The van der Waals surface area contributed by atoms with Crippen LogP contribution in [0.2, 0.25) is 0 Å². The van der Waals surface area contributed by atoms with Crippen molar-refractivity contribution in [2.24, 2.45) is 0 Å². The quantitative estimate of drug-likeness (QED) is 0.197. The van der Waals surface area contributed by atoms with Crippen molar-refractivity contribution in [1.82, 2.24) is 19.5 Å². The van der Waals surface area contributed by atoms with E-state index in [0.29, 0.717) is 22.3 Å². The molecule has 0 fully saturated rings. The van der Waals surface area contributed by atoms with Crippen LogP contribution in [0.25, 0.3) is 83.6 Å². The summed E-state index contributed by atoms with van der Waals surface area (Å²) in [5.41, 5.74) is -5.20. The highest BCUT2D eigenvalue weighted by Crippen LogP contribution is 2.53. The van der Waals surface area contributed by atoms with Gasteiger partial charge in [-0.2, -0.15) is 9.97 Å². The molecular formula is C42H28N4O. The molecule has 0 radical (unpaired) electrons. The zero-order valence-electron chi connectivity index (χ0n) is 40.1. The number of aromatic nitrogens is 4. The zero-order chi connectivity index (χ0) is 45.0. The van der Waals surface area contributed by atoms with Gasteiger partial charge in [-0.25, -0.2) is 4.98 Å². The van der Waals surface area contributed by atoms with Gasteiger partial charge in [0.15, 0.2) is 11.6 Å². The zero-order valence-corrected chi connectivity index (χ0v) is 24.1. The van der Waals surface area contributed by atoms with E-state index in [9.17, 15) is 5.48 Å². The van der Waals surface area contributed by atoms with Gasteiger partial charge >= 0.3 is 0 Å². The third-order valence-electron chi connectivity index (χ3n) is 8.60. The van der Waals surface area contributed by atoms with Crippen LogP contribution in [0.1, 0.15) is 46.8 Å². The van der Waals surface area contributed by atoms with Crippen LogP contribution < -0.4 is 0 Å². The van der Waals surface area contributed by atoms with Gasteiger partial charge in [0.05, 0.1) is 30.3 Å². The maximum absolute atomic E-state index is 9.65. The number of hydrogen-bond donors (Lipinski definition) is 0. The SMILES string of the molecule is [2H]c1c([2H])c([2H])c2c(c1[2H])-c1c([2H])c([2H])c3c(c1C2(C([2H])([2H])[2H])C([2H])([2H])[2H])c1c([2H])c([2H])c([2H])c([2H])c1n3-c1nc(-c2ccccc2)nc(-c2cccc3c2oc2ccccc23)n1. The van der Waals surface area contributed by atoms with Gasteiger partial charge in [0, 0.05) is 40.7 Å². The summed E-state index contributed by atoms with van der Waals surface area (Å²) >= 11 is 0. The number of para-hydroxylation sites is 3. The van der Waals surface area contributed by atoms with Crippen LogP contribution in [0.3, 0.4) is 0 Å². The minimum Gasteiger partial charge on any atom is -0.455 e. The molecule has 0 spiro atoms. The molecule has 10 rings (SSSR count). The standard InChI is InChI=1S/C42H28N4O/c1-42(2)32-20-9-6-15-26(32)28-23-24-34-36(37(28)42)30-17-7-10-21-33(30)46(34)41-44-39(25-13-4-3-5-14-25)43-40(45-41)31-19-12-18-29-27-16-8-11-22-35(27)47-38(29)31/h3-24H,1-2H3/i1D3,2D3,6D,7D,9D,10D,15D,17D,20D,21D,23D,24D. The second-order valence-electron chi connectivity index (χ2n) is 11.2. The van der Waals surface area contributed by atoms with Gasteiger partial charge in [-0.15, -0.1) is 0 Å². The molecule has 0 saturated heterocycles. The molecule has 3 heterocycles. The molecule has 9 aromatic rings. The number of nitrogens with zero attached hydrogens (tertiary/aromatic N) is 4. The van der Waals surface area contributed by atoms with E-state index in [2.05, 4.69) is 0 Å². The van der Waals surface area contributed by atoms with E-state index in [1.165, 1.54) is 0 Å². The molecule has 0 saturated carbocycles. The van der Waals surface area contributed by atoms with Crippen molar-refractivity contribution in [1.29, 1.82) is 0 Å². The molecular weight excluding hydrogens is 576 g/mol. The van der Waals surface area contributed by atoms with Crippen molar-refractivity contribution in [3.63, 3.8) is 0 Å². The summed E-state index contributed by atoms with van der Waals surface area (Å²) in [6, 6.07) is 13.1. The second kappa shape index (κ2) is 9.47. The third-order valence-corrected chi connectivity index (χ3v) is 8.60. The van der Waals surface area contributed by atoms with Crippen molar-refractivity contribution in [2.45, 2.75) is 19.1 Å². The molecule has 1 aliphatic carbocycles. The van der Waals surface area contributed by atoms with Gasteiger partial charge in [-0.3, -0.25) is 4.57 Å². The molecule has 0 unspecified atom stereocenters. The van der Waals surface area contributed by atoms with Crippen molar-refractivity contribution in [3.05, 3.63) is 144 Å². The molecule has 47 heavy (non-hydrogen) atoms. The van der Waals surface area contributed by atoms with Crippen LogP contribution in [0, 0.1) is 0 Å². The number of benzene rings is 6. The monoisotopic (exact) mass is 620 g/mol. The molecule has 1 aliphatic rings. The Hall–Kier alpha value is -6.07. The highest BCUT2D eigenvalue weighted by Gasteiger charge is 2.38. The average Bonchev–Trinajstić information content (AvgIpc) is 3.93. The topological polar surface area (TPSA) is 56.7 Å². The Morgan fingerprint density at radius 1 is 0.638 bits per heavy atom. The first kappa shape index (κ1) is 15.0. The lowest BCUT2D eigenvalue weighted by Crippen LogP contribution is -2.15. The Morgan fingerprint density at radius 2 is 1.43 bits per heavy atom. The van der Waals surface area contributed by atoms with Crippen LogP contribution in [0.5, 0.6) is 0 Å². The van der Waals surface area contributed by atoms with Gasteiger partial charge in [0.1, 0.15) is 11.2 Å². The first-order valence-electron chi connectivity index (χ1n) is 22.7. The Kier molecular flexibility index (Phi) is 3.03. The molecule has 0 atom stereocenters. The minimum atomic E-state index is -3.68. The fourth-order valence-electron chi connectivity index (χ4n) is 6.56. The molecule has 0 amide bonds. The number of hydrogen-bond acceptors (Lipinski definition) is 4. The summed E-state index contributed by atoms with van der Waals surface area (Å²) in [6.07, 6.45) is 0. The van der Waals surface area contributed by atoms with Crippen molar-refractivity contribution >= 4 is 43.7 Å². The Balaban J connectivity index is 1.46. The summed E-state index contributed by atoms with van der Waals surface area (Å²) in [6.45, 7) is -7.35. The predicted octanol–water partition coefficient (Wildman–Crippen LogP) is 10.5. The number of furan rings is 1. The van der Waals surface area contributed by atoms with E-state index < -0.39 is 124 Å². The highest BCUT2D eigenvalue weighted by molar-refractivity contribution is 6.14. The van der Waals surface area contributed by atoms with Crippen molar-refractivity contribution in [2.75, 3.05) is 0 Å². The van der Waals surface area contributed by atoms with Crippen LogP contribution in [0.4, 0.5) is 0 Å². The predicted molar refractivity (Wildman–Crippen MR) is 190 cm³/mol. The van der Waals surface area contributed by atoms with Gasteiger partial charge in [0.25, 0.3) is 0 Å². The molecule has 3 aromatic heterocycles. The number of rotatable bonds is 3. The average molecular weight is 621 g/mol. The van der Waals surface area contributed by atoms with E-state index in [0.717, 1.165) is 15.3 Å². The smallest absolute Gasteiger partial charge is 0.238 e. The van der Waals surface area contributed by atoms with E-state index >= 15 is 0 Å². The summed E-state index contributed by atoms with van der Waals surface area (Å²) in [5.74, 6) is -0.305. The Morgan fingerprint density at radius 3 is 2.34 bits per heavy atom. The molecule has 0 N–H and O–H groups in total. The molecule has 5 heteroatoms. The summed E-state index contributed by atoms with van der Waals surface area (Å²) < 4.78 is 152. The van der Waals surface area contributed by atoms with E-state index in [4.69, 9.17) is 35.8 Å². The van der Waals surface area contributed by atoms with Crippen LogP contribution in [0.15, 0.2) is 138 Å². The van der Waals surface area contributed by atoms with Gasteiger partial charge < -0.3 is 4.42 Å². The second-order valence-corrected chi connectivity index (χ2v) is 11.2. The van der Waals surface area contributed by atoms with Crippen LogP contribution >= 0.6 is 0 Å². The molecule has 6 aromatic carbocycles. The van der Waals surface area contributed by atoms with Gasteiger partial charge in [-0.1, -0.05) is 123 Å². The first-order chi connectivity index (χ1) is 29.7. The van der Waals surface area contributed by atoms with Crippen molar-refractivity contribution in [3.8, 4) is 39.9 Å². The Labute approximate surface area is 293 Å². The van der Waals surface area contributed by atoms with Gasteiger partial charge in [0.2, 0.25) is 5.95 Å². The van der Waals surface area contributed by atoms with E-state index in [1.54, 1.807) is 48.5 Å². The largest absolute Gasteiger partial charge is 0.455 e. The lowest BCUT2D eigenvalue weighted by Gasteiger charge is -2.22. The molecule has 0 bridgehead atoms. The van der Waals surface area contributed by atoms with Crippen LogP contribution in [-0.2, 0) is 5.41 Å². The fourth-order valence-corrected chi connectivity index (χ4v) is 6.56. The number of fused-ring (bicyclic) bond motifs is 10. The Bertz CT molecular complexity index is 3490.